The Hall–Kier alpha value is -1.52. The van der Waals surface area contributed by atoms with Crippen LogP contribution in [0.4, 0.5) is 5.69 Å². The zero-order valence-electron chi connectivity index (χ0n) is 12.1. The lowest BCUT2D eigenvalue weighted by atomic mass is 10.2. The van der Waals surface area contributed by atoms with Crippen LogP contribution in [0.2, 0.25) is 5.02 Å². The highest BCUT2D eigenvalue weighted by Crippen LogP contribution is 2.20. The van der Waals surface area contributed by atoms with E-state index < -0.39 is 9.84 Å². The van der Waals surface area contributed by atoms with E-state index in [2.05, 4.69) is 4.90 Å². The van der Waals surface area contributed by atoms with E-state index in [0.29, 0.717) is 4.90 Å². The summed E-state index contributed by atoms with van der Waals surface area (Å²) < 4.78 is 23.6. The molecule has 2 aromatic rings. The van der Waals surface area contributed by atoms with Gasteiger partial charge in [0, 0.05) is 24.3 Å². The SMILES string of the molecule is CCS(=O)(=O)c1ccc(N(C)Cc2ccc(Cl)cc2)cc1. The van der Waals surface area contributed by atoms with Crippen molar-refractivity contribution in [3.8, 4) is 0 Å². The van der Waals surface area contributed by atoms with Gasteiger partial charge in [0.2, 0.25) is 0 Å². The summed E-state index contributed by atoms with van der Waals surface area (Å²) in [5, 5.41) is 0.718. The molecule has 0 fully saturated rings. The van der Waals surface area contributed by atoms with Gasteiger partial charge < -0.3 is 4.90 Å². The molecule has 3 nitrogen and oxygen atoms in total. The Morgan fingerprint density at radius 3 is 2.10 bits per heavy atom. The van der Waals surface area contributed by atoms with Gasteiger partial charge in [-0.1, -0.05) is 30.7 Å². The lowest BCUT2D eigenvalue weighted by Crippen LogP contribution is -2.16. The van der Waals surface area contributed by atoms with E-state index >= 15 is 0 Å². The van der Waals surface area contributed by atoms with Gasteiger partial charge in [0.05, 0.1) is 10.6 Å². The second kappa shape index (κ2) is 6.50. The van der Waals surface area contributed by atoms with Crippen molar-refractivity contribution < 1.29 is 8.42 Å². The first-order valence-electron chi connectivity index (χ1n) is 6.71. The average molecular weight is 324 g/mol. The van der Waals surface area contributed by atoms with Crippen LogP contribution >= 0.6 is 11.6 Å². The predicted octanol–water partition coefficient (Wildman–Crippen LogP) is 3.77. The molecule has 0 unspecified atom stereocenters. The molecule has 0 saturated carbocycles. The van der Waals surface area contributed by atoms with Crippen molar-refractivity contribution >= 4 is 27.1 Å². The highest BCUT2D eigenvalue weighted by molar-refractivity contribution is 7.91. The van der Waals surface area contributed by atoms with Gasteiger partial charge in [-0.3, -0.25) is 0 Å². The molecular formula is C16H18ClNO2S. The molecule has 5 heteroatoms. The predicted molar refractivity (Wildman–Crippen MR) is 87.7 cm³/mol. The van der Waals surface area contributed by atoms with Crippen LogP contribution in [0.5, 0.6) is 0 Å². The molecule has 0 heterocycles. The maximum atomic E-state index is 11.8. The number of rotatable bonds is 5. The van der Waals surface area contributed by atoms with Crippen LogP contribution in [0.25, 0.3) is 0 Å². The summed E-state index contributed by atoms with van der Waals surface area (Å²) in [6.45, 7) is 2.38. The quantitative estimate of drug-likeness (QED) is 0.840. The van der Waals surface area contributed by atoms with Gasteiger partial charge in [0.25, 0.3) is 0 Å². The van der Waals surface area contributed by atoms with Crippen molar-refractivity contribution in [3.63, 3.8) is 0 Å². The molecular weight excluding hydrogens is 306 g/mol. The van der Waals surface area contributed by atoms with Crippen molar-refractivity contribution in [1.29, 1.82) is 0 Å². The Kier molecular flexibility index (Phi) is 4.91. The molecule has 0 aliphatic rings. The first-order chi connectivity index (χ1) is 9.92. The molecule has 0 amide bonds. The van der Waals surface area contributed by atoms with Crippen molar-refractivity contribution in [1.82, 2.24) is 0 Å². The summed E-state index contributed by atoms with van der Waals surface area (Å²) >= 11 is 5.87. The van der Waals surface area contributed by atoms with E-state index in [0.717, 1.165) is 22.8 Å². The lowest BCUT2D eigenvalue weighted by Gasteiger charge is -2.19. The molecule has 0 bridgehead atoms. The van der Waals surface area contributed by atoms with Gasteiger partial charge in [0.15, 0.2) is 9.84 Å². The third-order valence-electron chi connectivity index (χ3n) is 3.35. The number of halogens is 1. The van der Waals surface area contributed by atoms with Crippen LogP contribution in [0, 0.1) is 0 Å². The molecule has 0 aliphatic heterocycles. The summed E-state index contributed by atoms with van der Waals surface area (Å²) in [5.74, 6) is 0.118. The Bertz CT molecular complexity index is 694. The summed E-state index contributed by atoms with van der Waals surface area (Å²) in [6.07, 6.45) is 0. The second-order valence-electron chi connectivity index (χ2n) is 4.88. The van der Waals surface area contributed by atoms with Crippen LogP contribution < -0.4 is 4.90 Å². The van der Waals surface area contributed by atoms with Crippen LogP contribution in [-0.4, -0.2) is 21.2 Å². The van der Waals surface area contributed by atoms with Crippen molar-refractivity contribution in [2.45, 2.75) is 18.4 Å². The minimum absolute atomic E-state index is 0.118. The van der Waals surface area contributed by atoms with E-state index in [1.54, 1.807) is 19.1 Å². The molecule has 0 spiro atoms. The highest BCUT2D eigenvalue weighted by Gasteiger charge is 2.11. The van der Waals surface area contributed by atoms with Crippen LogP contribution in [0.3, 0.4) is 0 Å². The molecule has 0 aromatic heterocycles. The number of hydrogen-bond donors (Lipinski definition) is 0. The van der Waals surface area contributed by atoms with Crippen molar-refractivity contribution in [2.24, 2.45) is 0 Å². The van der Waals surface area contributed by atoms with E-state index in [1.807, 2.05) is 43.4 Å². The second-order valence-corrected chi connectivity index (χ2v) is 7.59. The van der Waals surface area contributed by atoms with Gasteiger partial charge in [-0.2, -0.15) is 0 Å². The molecule has 2 rings (SSSR count). The molecule has 0 saturated heterocycles. The van der Waals surface area contributed by atoms with Crippen molar-refractivity contribution in [2.75, 3.05) is 17.7 Å². The normalized spacial score (nSPS) is 11.4. The fraction of sp³-hybridized carbons (Fsp3) is 0.250. The Balaban J connectivity index is 2.13. The summed E-state index contributed by atoms with van der Waals surface area (Å²) in [5.41, 5.74) is 2.12. The fourth-order valence-corrected chi connectivity index (χ4v) is 3.04. The highest BCUT2D eigenvalue weighted by atomic mass is 35.5. The first kappa shape index (κ1) is 15.9. The van der Waals surface area contributed by atoms with E-state index in [4.69, 9.17) is 11.6 Å². The third kappa shape index (κ3) is 3.99. The molecule has 0 radical (unpaired) electrons. The smallest absolute Gasteiger partial charge is 0.178 e. The molecule has 2 aromatic carbocycles. The van der Waals surface area contributed by atoms with E-state index in [-0.39, 0.29) is 5.75 Å². The number of hydrogen-bond acceptors (Lipinski definition) is 3. The third-order valence-corrected chi connectivity index (χ3v) is 5.35. The van der Waals surface area contributed by atoms with Crippen LogP contribution in [0.15, 0.2) is 53.4 Å². The molecule has 21 heavy (non-hydrogen) atoms. The van der Waals surface area contributed by atoms with Gasteiger partial charge >= 0.3 is 0 Å². The Morgan fingerprint density at radius 2 is 1.57 bits per heavy atom. The van der Waals surface area contributed by atoms with Gasteiger partial charge in [-0.05, 0) is 42.0 Å². The standard InChI is InChI=1S/C16H18ClNO2S/c1-3-21(19,20)16-10-8-15(9-11-16)18(2)12-13-4-6-14(17)7-5-13/h4-11H,3,12H2,1-2H3. The summed E-state index contributed by atoms with van der Waals surface area (Å²) in [6, 6.07) is 14.7. The maximum Gasteiger partial charge on any atom is 0.178 e. The topological polar surface area (TPSA) is 37.4 Å². The molecule has 0 aliphatic carbocycles. The number of anilines is 1. The van der Waals surface area contributed by atoms with E-state index in [9.17, 15) is 8.42 Å². The zero-order chi connectivity index (χ0) is 15.5. The minimum atomic E-state index is -3.14. The summed E-state index contributed by atoms with van der Waals surface area (Å²) in [7, 11) is -1.17. The largest absolute Gasteiger partial charge is 0.370 e. The monoisotopic (exact) mass is 323 g/mol. The molecule has 0 atom stereocenters. The lowest BCUT2D eigenvalue weighted by molar-refractivity contribution is 0.597. The average Bonchev–Trinajstić information content (AvgIpc) is 2.49. The van der Waals surface area contributed by atoms with E-state index in [1.165, 1.54) is 0 Å². The number of benzene rings is 2. The molecule has 112 valence electrons. The molecule has 0 N–H and O–H groups in total. The van der Waals surface area contributed by atoms with Crippen molar-refractivity contribution in [3.05, 3.63) is 59.1 Å². The fourth-order valence-electron chi connectivity index (χ4n) is 2.03. The Labute approximate surface area is 131 Å². The van der Waals surface area contributed by atoms with Crippen LogP contribution in [0.1, 0.15) is 12.5 Å². The first-order valence-corrected chi connectivity index (χ1v) is 8.74. The number of sulfone groups is 1. The summed E-state index contributed by atoms with van der Waals surface area (Å²) in [4.78, 5) is 2.43. The number of nitrogens with zero attached hydrogens (tertiary/aromatic N) is 1. The minimum Gasteiger partial charge on any atom is -0.370 e. The Morgan fingerprint density at radius 1 is 1.00 bits per heavy atom. The van der Waals surface area contributed by atoms with Gasteiger partial charge in [0.1, 0.15) is 0 Å². The maximum absolute atomic E-state index is 11.8. The van der Waals surface area contributed by atoms with Gasteiger partial charge in [-0.15, -0.1) is 0 Å². The van der Waals surface area contributed by atoms with Gasteiger partial charge in [-0.25, -0.2) is 8.42 Å². The van der Waals surface area contributed by atoms with Crippen LogP contribution in [-0.2, 0) is 16.4 Å². The zero-order valence-corrected chi connectivity index (χ0v) is 13.7.